The zero-order chi connectivity index (χ0) is 11.3. The van der Waals surface area contributed by atoms with Crippen LogP contribution in [0, 0.1) is 0 Å². The second-order valence-electron chi connectivity index (χ2n) is 2.84. The van der Waals surface area contributed by atoms with Crippen LogP contribution < -0.4 is 4.74 Å². The zero-order valence-corrected chi connectivity index (χ0v) is 8.56. The normalized spacial score (nSPS) is 10.3. The molecule has 1 N–H and O–H groups in total. The van der Waals surface area contributed by atoms with E-state index in [0.717, 1.165) is 0 Å². The maximum atomic E-state index is 10.5. The lowest BCUT2D eigenvalue weighted by Gasteiger charge is -2.02. The van der Waals surface area contributed by atoms with Gasteiger partial charge in [-0.15, -0.1) is 0 Å². The summed E-state index contributed by atoms with van der Waals surface area (Å²) in [6.07, 6.45) is 2.72. The molecule has 0 amide bonds. The van der Waals surface area contributed by atoms with Gasteiger partial charge in [0.1, 0.15) is 11.5 Å². The minimum absolute atomic E-state index is 0.0674. The van der Waals surface area contributed by atoms with Crippen molar-refractivity contribution in [3.63, 3.8) is 0 Å². The predicted molar refractivity (Wildman–Crippen MR) is 55.5 cm³/mol. The summed E-state index contributed by atoms with van der Waals surface area (Å²) in [5.74, 6) is 0.231. The number of phenolic OH excluding ortho intramolecular Hbond substituents is 1. The summed E-state index contributed by atoms with van der Waals surface area (Å²) in [5.41, 5.74) is 0.553. The van der Waals surface area contributed by atoms with Gasteiger partial charge in [0.15, 0.2) is 0 Å². The van der Waals surface area contributed by atoms with E-state index in [9.17, 15) is 9.90 Å². The molecule has 0 bridgehead atoms. The molecule has 0 saturated heterocycles. The van der Waals surface area contributed by atoms with Crippen molar-refractivity contribution in [3.05, 3.63) is 30.0 Å². The number of methoxy groups -OCH3 is 1. The topological polar surface area (TPSA) is 55.8 Å². The highest BCUT2D eigenvalue weighted by atomic mass is 16.5. The summed E-state index contributed by atoms with van der Waals surface area (Å²) in [4.78, 5) is 10.5. The third-order valence-corrected chi connectivity index (χ3v) is 1.72. The predicted octanol–water partition coefficient (Wildman–Crippen LogP) is 1.93. The van der Waals surface area contributed by atoms with E-state index in [1.807, 2.05) is 0 Å². The number of ether oxygens (including phenoxy) is 2. The highest BCUT2D eigenvalue weighted by Crippen LogP contribution is 2.24. The molecule has 80 valence electrons. The molecule has 0 unspecified atom stereocenters. The number of aromatic hydroxyl groups is 1. The van der Waals surface area contributed by atoms with E-state index in [1.54, 1.807) is 12.1 Å². The fourth-order valence-corrected chi connectivity index (χ4v) is 0.995. The van der Waals surface area contributed by atoms with Crippen molar-refractivity contribution in [2.24, 2.45) is 0 Å². The SMILES string of the molecule is COc1ccc(C=COC(C)=O)c(O)c1. The highest BCUT2D eigenvalue weighted by molar-refractivity contribution is 5.68. The highest BCUT2D eigenvalue weighted by Gasteiger charge is 1.99. The third-order valence-electron chi connectivity index (χ3n) is 1.72. The molecule has 1 rings (SSSR count). The molecule has 0 aliphatic carbocycles. The average Bonchev–Trinajstić information content (AvgIpc) is 2.20. The lowest BCUT2D eigenvalue weighted by molar-refractivity contribution is -0.135. The monoisotopic (exact) mass is 208 g/mol. The van der Waals surface area contributed by atoms with Crippen LogP contribution in [0.3, 0.4) is 0 Å². The Bertz CT molecular complexity index is 382. The first-order chi connectivity index (χ1) is 7.13. The number of benzene rings is 1. The van der Waals surface area contributed by atoms with E-state index in [2.05, 4.69) is 4.74 Å². The second-order valence-corrected chi connectivity index (χ2v) is 2.84. The lowest BCUT2D eigenvalue weighted by atomic mass is 10.2. The van der Waals surface area contributed by atoms with Gasteiger partial charge in [0.25, 0.3) is 0 Å². The molecule has 0 spiro atoms. The van der Waals surface area contributed by atoms with Gasteiger partial charge >= 0.3 is 5.97 Å². The van der Waals surface area contributed by atoms with Crippen LogP contribution in [0.1, 0.15) is 12.5 Å². The summed E-state index contributed by atoms with van der Waals surface area (Å²) in [7, 11) is 1.52. The Kier molecular flexibility index (Phi) is 3.74. The molecule has 0 atom stereocenters. The van der Waals surface area contributed by atoms with Gasteiger partial charge in [-0.3, -0.25) is 4.79 Å². The van der Waals surface area contributed by atoms with Crippen LogP contribution in [-0.2, 0) is 9.53 Å². The van der Waals surface area contributed by atoms with Gasteiger partial charge in [0, 0.05) is 18.6 Å². The first-order valence-corrected chi connectivity index (χ1v) is 4.34. The summed E-state index contributed by atoms with van der Waals surface area (Å²) in [6, 6.07) is 4.84. The van der Waals surface area contributed by atoms with Crippen LogP contribution in [-0.4, -0.2) is 18.2 Å². The number of hydrogen-bond acceptors (Lipinski definition) is 4. The molecule has 0 aromatic heterocycles. The van der Waals surface area contributed by atoms with E-state index in [1.165, 1.54) is 32.4 Å². The van der Waals surface area contributed by atoms with Crippen LogP contribution in [0.4, 0.5) is 0 Å². The van der Waals surface area contributed by atoms with E-state index in [0.29, 0.717) is 11.3 Å². The Hall–Kier alpha value is -1.97. The molecule has 15 heavy (non-hydrogen) atoms. The Morgan fingerprint density at radius 1 is 1.47 bits per heavy atom. The summed E-state index contributed by atoms with van der Waals surface area (Å²) in [5, 5.41) is 9.52. The van der Waals surface area contributed by atoms with Crippen molar-refractivity contribution >= 4 is 12.0 Å². The molecule has 1 aromatic carbocycles. The fourth-order valence-electron chi connectivity index (χ4n) is 0.995. The van der Waals surface area contributed by atoms with E-state index < -0.39 is 5.97 Å². The van der Waals surface area contributed by atoms with Crippen LogP contribution >= 0.6 is 0 Å². The van der Waals surface area contributed by atoms with Gasteiger partial charge in [-0.05, 0) is 18.2 Å². The number of phenols is 1. The molecule has 0 aliphatic rings. The maximum Gasteiger partial charge on any atom is 0.307 e. The first-order valence-electron chi connectivity index (χ1n) is 4.34. The summed E-state index contributed by atoms with van der Waals surface area (Å²) in [6.45, 7) is 1.30. The zero-order valence-electron chi connectivity index (χ0n) is 8.56. The number of carbonyl (C=O) groups excluding carboxylic acids is 1. The summed E-state index contributed by atoms with van der Waals surface area (Å²) >= 11 is 0. The smallest absolute Gasteiger partial charge is 0.307 e. The van der Waals surface area contributed by atoms with Gasteiger partial charge in [-0.1, -0.05) is 0 Å². The first kappa shape index (κ1) is 11.1. The van der Waals surface area contributed by atoms with Crippen LogP contribution in [0.15, 0.2) is 24.5 Å². The Morgan fingerprint density at radius 3 is 2.73 bits per heavy atom. The van der Waals surface area contributed by atoms with Gasteiger partial charge in [-0.2, -0.15) is 0 Å². The molecule has 0 fully saturated rings. The standard InChI is InChI=1S/C11H12O4/c1-8(12)15-6-5-9-3-4-10(14-2)7-11(9)13/h3-7,13H,1-2H3. The van der Waals surface area contributed by atoms with Crippen molar-refractivity contribution in [2.45, 2.75) is 6.92 Å². The number of hydrogen-bond donors (Lipinski definition) is 1. The van der Waals surface area contributed by atoms with Crippen molar-refractivity contribution < 1.29 is 19.4 Å². The van der Waals surface area contributed by atoms with Gasteiger partial charge in [0.2, 0.25) is 0 Å². The average molecular weight is 208 g/mol. The minimum Gasteiger partial charge on any atom is -0.507 e. The van der Waals surface area contributed by atoms with Gasteiger partial charge < -0.3 is 14.6 Å². The van der Waals surface area contributed by atoms with Crippen LogP contribution in [0.2, 0.25) is 0 Å². The summed E-state index contributed by atoms with van der Waals surface area (Å²) < 4.78 is 9.52. The molecule has 0 radical (unpaired) electrons. The van der Waals surface area contributed by atoms with E-state index in [-0.39, 0.29) is 5.75 Å². The molecule has 0 aliphatic heterocycles. The molecular formula is C11H12O4. The number of carbonyl (C=O) groups is 1. The number of esters is 1. The van der Waals surface area contributed by atoms with Gasteiger partial charge in [0.05, 0.1) is 13.4 Å². The van der Waals surface area contributed by atoms with Crippen molar-refractivity contribution in [2.75, 3.05) is 7.11 Å². The van der Waals surface area contributed by atoms with Crippen LogP contribution in [0.5, 0.6) is 11.5 Å². The van der Waals surface area contributed by atoms with E-state index in [4.69, 9.17) is 4.74 Å². The Morgan fingerprint density at radius 2 is 2.20 bits per heavy atom. The van der Waals surface area contributed by atoms with Gasteiger partial charge in [-0.25, -0.2) is 0 Å². The largest absolute Gasteiger partial charge is 0.507 e. The fraction of sp³-hybridized carbons (Fsp3) is 0.182. The quantitative estimate of drug-likeness (QED) is 0.609. The second kappa shape index (κ2) is 5.05. The minimum atomic E-state index is -0.403. The molecule has 0 heterocycles. The van der Waals surface area contributed by atoms with Crippen molar-refractivity contribution in [1.82, 2.24) is 0 Å². The lowest BCUT2D eigenvalue weighted by Crippen LogP contribution is -1.89. The maximum absolute atomic E-state index is 10.5. The molecule has 4 heteroatoms. The van der Waals surface area contributed by atoms with Crippen molar-refractivity contribution in [3.8, 4) is 11.5 Å². The number of rotatable bonds is 3. The van der Waals surface area contributed by atoms with E-state index >= 15 is 0 Å². The Labute approximate surface area is 87.7 Å². The third kappa shape index (κ3) is 3.34. The van der Waals surface area contributed by atoms with Crippen molar-refractivity contribution in [1.29, 1.82) is 0 Å². The molecule has 4 nitrogen and oxygen atoms in total. The molecular weight excluding hydrogens is 196 g/mol. The molecule has 1 aromatic rings. The molecule has 0 saturated carbocycles. The Balaban J connectivity index is 2.78. The van der Waals surface area contributed by atoms with Crippen LogP contribution in [0.25, 0.3) is 6.08 Å².